The van der Waals surface area contributed by atoms with Crippen LogP contribution in [0, 0.1) is 6.92 Å². The fraction of sp³-hybridized carbons (Fsp3) is 0.350. The third-order valence-corrected chi connectivity index (χ3v) is 7.31. The zero-order valence-electron chi connectivity index (χ0n) is 15.4. The van der Waals surface area contributed by atoms with Gasteiger partial charge in [0.15, 0.2) is 0 Å². The van der Waals surface area contributed by atoms with Crippen LogP contribution in [0.25, 0.3) is 0 Å². The molecule has 1 amide bonds. The van der Waals surface area contributed by atoms with Crippen LogP contribution in [0.15, 0.2) is 57.9 Å². The monoisotopic (exact) mass is 450 g/mol. The van der Waals surface area contributed by atoms with Gasteiger partial charge in [-0.15, -0.1) is 0 Å². The molecule has 0 spiro atoms. The Morgan fingerprint density at radius 1 is 1.15 bits per heavy atom. The van der Waals surface area contributed by atoms with Gasteiger partial charge in [-0.2, -0.15) is 4.31 Å². The number of halogens is 1. The number of carbonyl (C=O) groups is 1. The first-order valence-corrected chi connectivity index (χ1v) is 11.2. The van der Waals surface area contributed by atoms with Gasteiger partial charge in [0.1, 0.15) is 6.04 Å². The van der Waals surface area contributed by atoms with Crippen LogP contribution in [0.5, 0.6) is 0 Å². The molecule has 1 aliphatic heterocycles. The molecule has 144 valence electrons. The molecule has 1 heterocycles. The van der Waals surface area contributed by atoms with Crippen molar-refractivity contribution in [3.8, 4) is 0 Å². The summed E-state index contributed by atoms with van der Waals surface area (Å²) in [5, 5.41) is 2.96. The second-order valence-corrected chi connectivity index (χ2v) is 9.67. The Morgan fingerprint density at radius 2 is 1.78 bits per heavy atom. The maximum Gasteiger partial charge on any atom is 0.243 e. The average Bonchev–Trinajstić information content (AvgIpc) is 3.13. The maximum absolute atomic E-state index is 13.0. The number of amides is 1. The first kappa shape index (κ1) is 20.0. The molecule has 3 rings (SSSR count). The summed E-state index contributed by atoms with van der Waals surface area (Å²) in [5.74, 6) is -0.251. The lowest BCUT2D eigenvalue weighted by atomic mass is 10.1. The van der Waals surface area contributed by atoms with E-state index >= 15 is 0 Å². The number of hydrogen-bond donors (Lipinski definition) is 1. The summed E-state index contributed by atoms with van der Waals surface area (Å²) in [6, 6.07) is 13.6. The van der Waals surface area contributed by atoms with Gasteiger partial charge in [-0.25, -0.2) is 8.42 Å². The molecule has 27 heavy (non-hydrogen) atoms. The van der Waals surface area contributed by atoms with Crippen LogP contribution in [0.3, 0.4) is 0 Å². The van der Waals surface area contributed by atoms with Crippen LogP contribution in [0.2, 0.25) is 0 Å². The highest BCUT2D eigenvalue weighted by molar-refractivity contribution is 9.10. The topological polar surface area (TPSA) is 66.5 Å². The van der Waals surface area contributed by atoms with Crippen molar-refractivity contribution in [3.63, 3.8) is 0 Å². The van der Waals surface area contributed by atoms with E-state index in [0.717, 1.165) is 15.6 Å². The summed E-state index contributed by atoms with van der Waals surface area (Å²) in [4.78, 5) is 13.0. The normalized spacial score (nSPS) is 19.0. The van der Waals surface area contributed by atoms with Crippen molar-refractivity contribution in [1.29, 1.82) is 0 Å². The number of sulfonamides is 1. The van der Waals surface area contributed by atoms with Gasteiger partial charge in [0.05, 0.1) is 10.9 Å². The van der Waals surface area contributed by atoms with E-state index < -0.39 is 16.1 Å². The number of nitrogens with one attached hydrogen (secondary N) is 1. The van der Waals surface area contributed by atoms with Crippen molar-refractivity contribution in [3.05, 3.63) is 64.1 Å². The first-order valence-electron chi connectivity index (χ1n) is 8.93. The van der Waals surface area contributed by atoms with Crippen molar-refractivity contribution in [2.75, 3.05) is 6.54 Å². The lowest BCUT2D eigenvalue weighted by Crippen LogP contribution is -2.46. The molecule has 1 fully saturated rings. The van der Waals surface area contributed by atoms with Gasteiger partial charge < -0.3 is 5.32 Å². The zero-order chi connectivity index (χ0) is 19.6. The zero-order valence-corrected chi connectivity index (χ0v) is 17.8. The van der Waals surface area contributed by atoms with Crippen LogP contribution >= 0.6 is 15.9 Å². The largest absolute Gasteiger partial charge is 0.348 e. The molecule has 1 aliphatic rings. The quantitative estimate of drug-likeness (QED) is 0.753. The molecule has 2 atom stereocenters. The lowest BCUT2D eigenvalue weighted by molar-refractivity contribution is -0.124. The summed E-state index contributed by atoms with van der Waals surface area (Å²) >= 11 is 3.39. The molecule has 1 unspecified atom stereocenters. The molecule has 5 nitrogen and oxygen atoms in total. The molecule has 1 saturated heterocycles. The molecule has 2 aromatic rings. The summed E-state index contributed by atoms with van der Waals surface area (Å²) in [5.41, 5.74) is 1.96. The third kappa shape index (κ3) is 4.42. The van der Waals surface area contributed by atoms with Gasteiger partial charge in [0, 0.05) is 11.0 Å². The molecular formula is C20H23BrN2O3S. The van der Waals surface area contributed by atoms with Crippen LogP contribution in [0.4, 0.5) is 0 Å². The highest BCUT2D eigenvalue weighted by atomic mass is 79.9. The summed E-state index contributed by atoms with van der Waals surface area (Å²) < 4.78 is 28.3. The van der Waals surface area contributed by atoms with Crippen LogP contribution in [0.1, 0.15) is 36.9 Å². The van der Waals surface area contributed by atoms with Gasteiger partial charge in [0.2, 0.25) is 15.9 Å². The molecule has 2 aromatic carbocycles. The van der Waals surface area contributed by atoms with E-state index in [1.165, 1.54) is 4.31 Å². The minimum Gasteiger partial charge on any atom is -0.348 e. The molecule has 0 aromatic heterocycles. The van der Waals surface area contributed by atoms with E-state index in [-0.39, 0.29) is 16.8 Å². The minimum atomic E-state index is -3.69. The predicted molar refractivity (Wildman–Crippen MR) is 109 cm³/mol. The standard InChI is InChI=1S/C20H23BrN2O3S/c1-14-5-11-18(12-6-14)27(25,26)23-13-3-4-19(23)20(24)22-15(2)16-7-9-17(21)10-8-16/h5-12,15,19H,3-4,13H2,1-2H3,(H,22,24)/t15?,19-/m0/s1. The number of aryl methyl sites for hydroxylation is 1. The fourth-order valence-corrected chi connectivity index (χ4v) is 5.20. The van der Waals surface area contributed by atoms with E-state index in [9.17, 15) is 13.2 Å². The minimum absolute atomic E-state index is 0.199. The Labute approximate surface area is 169 Å². The van der Waals surface area contributed by atoms with Crippen molar-refractivity contribution in [2.45, 2.75) is 43.7 Å². The van der Waals surface area contributed by atoms with E-state index in [4.69, 9.17) is 0 Å². The Morgan fingerprint density at radius 3 is 2.41 bits per heavy atom. The van der Waals surface area contributed by atoms with Crippen LogP contribution in [-0.4, -0.2) is 31.2 Å². The van der Waals surface area contributed by atoms with Gasteiger partial charge >= 0.3 is 0 Å². The number of benzene rings is 2. The van der Waals surface area contributed by atoms with Crippen molar-refractivity contribution in [2.24, 2.45) is 0 Å². The van der Waals surface area contributed by atoms with E-state index in [2.05, 4.69) is 21.2 Å². The molecule has 0 radical (unpaired) electrons. The van der Waals surface area contributed by atoms with Gasteiger partial charge in [-0.1, -0.05) is 45.8 Å². The lowest BCUT2D eigenvalue weighted by Gasteiger charge is -2.25. The van der Waals surface area contributed by atoms with Gasteiger partial charge in [-0.05, 0) is 56.5 Å². The summed E-state index contributed by atoms with van der Waals surface area (Å²) in [6.45, 7) is 4.17. The summed E-state index contributed by atoms with van der Waals surface area (Å²) in [6.07, 6.45) is 1.21. The smallest absolute Gasteiger partial charge is 0.243 e. The second kappa shape index (κ2) is 8.12. The third-order valence-electron chi connectivity index (χ3n) is 4.86. The van der Waals surface area contributed by atoms with Crippen molar-refractivity contribution >= 4 is 31.9 Å². The number of hydrogen-bond acceptors (Lipinski definition) is 3. The molecule has 1 N–H and O–H groups in total. The number of nitrogens with zero attached hydrogens (tertiary/aromatic N) is 1. The second-order valence-electron chi connectivity index (χ2n) is 6.87. The molecule has 7 heteroatoms. The fourth-order valence-electron chi connectivity index (χ4n) is 3.28. The van der Waals surface area contributed by atoms with Crippen LogP contribution in [-0.2, 0) is 14.8 Å². The highest BCUT2D eigenvalue weighted by Crippen LogP contribution is 2.27. The summed E-state index contributed by atoms with van der Waals surface area (Å²) in [7, 11) is -3.69. The number of carbonyl (C=O) groups excluding carboxylic acids is 1. The molecular weight excluding hydrogens is 428 g/mol. The Balaban J connectivity index is 1.76. The van der Waals surface area contributed by atoms with Crippen molar-refractivity contribution < 1.29 is 13.2 Å². The highest BCUT2D eigenvalue weighted by Gasteiger charge is 2.39. The van der Waals surface area contributed by atoms with E-state index in [0.29, 0.717) is 19.4 Å². The van der Waals surface area contributed by atoms with Gasteiger partial charge in [0.25, 0.3) is 0 Å². The number of rotatable bonds is 5. The van der Waals surface area contributed by atoms with Gasteiger partial charge in [-0.3, -0.25) is 4.79 Å². The molecule has 0 saturated carbocycles. The molecule has 0 aliphatic carbocycles. The van der Waals surface area contributed by atoms with E-state index in [1.54, 1.807) is 24.3 Å². The molecule has 0 bridgehead atoms. The Kier molecular flexibility index (Phi) is 6.03. The van der Waals surface area contributed by atoms with Crippen molar-refractivity contribution in [1.82, 2.24) is 9.62 Å². The average molecular weight is 451 g/mol. The van der Waals surface area contributed by atoms with Crippen LogP contribution < -0.4 is 5.32 Å². The Bertz CT molecular complexity index is 911. The Hall–Kier alpha value is -1.70. The first-order chi connectivity index (χ1) is 12.8. The SMILES string of the molecule is Cc1ccc(S(=O)(=O)N2CCC[C@H]2C(=O)NC(C)c2ccc(Br)cc2)cc1. The van der Waals surface area contributed by atoms with E-state index in [1.807, 2.05) is 38.1 Å². The predicted octanol–water partition coefficient (Wildman–Crippen LogP) is 3.79. The maximum atomic E-state index is 13.0.